The van der Waals surface area contributed by atoms with Crippen LogP contribution in [0.2, 0.25) is 5.28 Å². The molecule has 102 valence electrons. The summed E-state index contributed by atoms with van der Waals surface area (Å²) in [6.45, 7) is 1.14. The number of anilines is 1. The van der Waals surface area contributed by atoms with E-state index in [1.54, 1.807) is 0 Å². The zero-order valence-corrected chi connectivity index (χ0v) is 12.4. The zero-order valence-electron chi connectivity index (χ0n) is 10.0. The van der Waals surface area contributed by atoms with Crippen molar-refractivity contribution >= 4 is 48.8 Å². The maximum Gasteiger partial charge on any atom is 0.225 e. The Morgan fingerprint density at radius 1 is 1.26 bits per heavy atom. The molecule has 0 bridgehead atoms. The smallest absolute Gasteiger partial charge is 0.225 e. The van der Waals surface area contributed by atoms with Gasteiger partial charge in [-0.1, -0.05) is 0 Å². The second-order valence-electron chi connectivity index (χ2n) is 4.45. The maximum absolute atomic E-state index is 11.6. The highest BCUT2D eigenvalue weighted by Gasteiger charge is 2.22. The summed E-state index contributed by atoms with van der Waals surface area (Å²) in [7, 11) is -2.93. The monoisotopic (exact) mass is 317 g/mol. The van der Waals surface area contributed by atoms with Crippen LogP contribution < -0.4 is 4.90 Å². The highest BCUT2D eigenvalue weighted by atomic mass is 35.5. The van der Waals surface area contributed by atoms with Crippen molar-refractivity contribution in [2.45, 2.75) is 6.42 Å². The first-order valence-electron chi connectivity index (χ1n) is 5.91. The number of aromatic nitrogens is 2. The number of nitrogens with zero attached hydrogens (tertiary/aromatic N) is 3. The fraction of sp³-hybridized carbons (Fsp3) is 0.455. The highest BCUT2D eigenvalue weighted by molar-refractivity contribution is 7.91. The van der Waals surface area contributed by atoms with Gasteiger partial charge in [0.2, 0.25) is 5.28 Å². The van der Waals surface area contributed by atoms with Crippen LogP contribution in [0.5, 0.6) is 0 Å². The topological polar surface area (TPSA) is 63.2 Å². The minimum absolute atomic E-state index is 0.167. The molecule has 0 unspecified atom stereocenters. The molecule has 0 amide bonds. The first-order chi connectivity index (χ1) is 9.05. The third kappa shape index (κ3) is 2.68. The van der Waals surface area contributed by atoms with Crippen molar-refractivity contribution in [3.05, 3.63) is 16.7 Å². The van der Waals surface area contributed by atoms with Crippen molar-refractivity contribution in [1.82, 2.24) is 9.97 Å². The van der Waals surface area contributed by atoms with Gasteiger partial charge in [0.15, 0.2) is 9.84 Å². The number of fused-ring (bicyclic) bond motifs is 1. The van der Waals surface area contributed by atoms with Crippen LogP contribution in [0.25, 0.3) is 10.2 Å². The first kappa shape index (κ1) is 13.1. The van der Waals surface area contributed by atoms with Gasteiger partial charge in [-0.2, -0.15) is 4.98 Å². The van der Waals surface area contributed by atoms with Crippen LogP contribution in [0, 0.1) is 0 Å². The molecule has 0 N–H and O–H groups in total. The Labute approximate surface area is 120 Å². The first-order valence-corrected chi connectivity index (χ1v) is 8.99. The summed E-state index contributed by atoms with van der Waals surface area (Å²) in [5, 5.41) is 3.08. The molecule has 1 saturated heterocycles. The fourth-order valence-corrected chi connectivity index (χ4v) is 4.45. The van der Waals surface area contributed by atoms with E-state index in [1.165, 1.54) is 11.3 Å². The summed E-state index contributed by atoms with van der Waals surface area (Å²) in [5.74, 6) is 1.16. The number of sulfone groups is 1. The molecule has 2 aromatic rings. The molecule has 19 heavy (non-hydrogen) atoms. The molecular weight excluding hydrogens is 306 g/mol. The van der Waals surface area contributed by atoms with Crippen molar-refractivity contribution in [3.63, 3.8) is 0 Å². The van der Waals surface area contributed by atoms with Crippen LogP contribution in [0.1, 0.15) is 6.42 Å². The largest absolute Gasteiger partial charge is 0.355 e. The predicted molar refractivity (Wildman–Crippen MR) is 77.9 cm³/mol. The van der Waals surface area contributed by atoms with E-state index in [4.69, 9.17) is 11.6 Å². The molecule has 3 rings (SSSR count). The Morgan fingerprint density at radius 3 is 2.95 bits per heavy atom. The normalized spacial score (nSPS) is 19.5. The number of rotatable bonds is 1. The molecule has 1 aliphatic rings. The lowest BCUT2D eigenvalue weighted by Gasteiger charge is -2.21. The van der Waals surface area contributed by atoms with Crippen molar-refractivity contribution in [3.8, 4) is 0 Å². The lowest BCUT2D eigenvalue weighted by atomic mass is 10.3. The number of halogens is 1. The minimum atomic E-state index is -2.93. The predicted octanol–water partition coefficient (Wildman–Crippen LogP) is 1.97. The molecule has 5 nitrogen and oxygen atoms in total. The Balaban J connectivity index is 2.02. The van der Waals surface area contributed by atoms with Crippen LogP contribution in [0.3, 0.4) is 0 Å². The van der Waals surface area contributed by atoms with Crippen LogP contribution in [0.15, 0.2) is 11.4 Å². The summed E-state index contributed by atoms with van der Waals surface area (Å²) in [6, 6.07) is 1.95. The van der Waals surface area contributed by atoms with Gasteiger partial charge < -0.3 is 4.90 Å². The minimum Gasteiger partial charge on any atom is -0.355 e. The SMILES string of the molecule is O=S1(=O)CCCN(c2nc(Cl)nc3sccc23)CC1. The zero-order chi connectivity index (χ0) is 13.5. The lowest BCUT2D eigenvalue weighted by molar-refractivity contribution is 0.597. The second kappa shape index (κ2) is 4.88. The van der Waals surface area contributed by atoms with Gasteiger partial charge in [-0.25, -0.2) is 13.4 Å². The van der Waals surface area contributed by atoms with Gasteiger partial charge in [-0.15, -0.1) is 11.3 Å². The summed E-state index contributed by atoms with van der Waals surface area (Å²) in [4.78, 5) is 11.3. The van der Waals surface area contributed by atoms with Crippen molar-refractivity contribution < 1.29 is 8.42 Å². The molecular formula is C11H12ClN3O2S2. The van der Waals surface area contributed by atoms with Crippen molar-refractivity contribution in [1.29, 1.82) is 0 Å². The fourth-order valence-electron chi connectivity index (χ4n) is 2.21. The van der Waals surface area contributed by atoms with Crippen molar-refractivity contribution in [2.24, 2.45) is 0 Å². The van der Waals surface area contributed by atoms with Crippen molar-refractivity contribution in [2.75, 3.05) is 29.5 Å². The standard InChI is InChI=1S/C11H12ClN3O2S2/c12-11-13-9(8-2-5-18-10(8)14-11)15-3-1-6-19(16,17)7-4-15/h2,5H,1,3-4,6-7H2. The van der Waals surface area contributed by atoms with Gasteiger partial charge >= 0.3 is 0 Å². The van der Waals surface area contributed by atoms with Crippen LogP contribution in [-0.2, 0) is 9.84 Å². The average molecular weight is 318 g/mol. The number of hydrogen-bond donors (Lipinski definition) is 0. The van der Waals surface area contributed by atoms with E-state index in [9.17, 15) is 8.42 Å². The quantitative estimate of drug-likeness (QED) is 0.752. The molecule has 1 aliphatic heterocycles. The Bertz CT molecular complexity index is 714. The third-order valence-electron chi connectivity index (χ3n) is 3.13. The third-order valence-corrected chi connectivity index (χ3v) is 5.82. The highest BCUT2D eigenvalue weighted by Crippen LogP contribution is 2.29. The Kier molecular flexibility index (Phi) is 3.36. The summed E-state index contributed by atoms with van der Waals surface area (Å²) >= 11 is 7.44. The van der Waals surface area contributed by atoms with Gasteiger partial charge in [0.05, 0.1) is 16.9 Å². The molecule has 0 atom stereocenters. The molecule has 3 heterocycles. The molecule has 0 radical (unpaired) electrons. The lowest BCUT2D eigenvalue weighted by Crippen LogP contribution is -2.27. The van der Waals surface area contributed by atoms with Crippen LogP contribution in [0.4, 0.5) is 5.82 Å². The molecule has 0 spiro atoms. The molecule has 2 aromatic heterocycles. The Morgan fingerprint density at radius 2 is 2.11 bits per heavy atom. The van der Waals surface area contributed by atoms with E-state index in [2.05, 4.69) is 9.97 Å². The number of hydrogen-bond acceptors (Lipinski definition) is 6. The van der Waals surface area contributed by atoms with Gasteiger partial charge in [0.1, 0.15) is 10.6 Å². The van der Waals surface area contributed by atoms with E-state index in [1.807, 2.05) is 16.3 Å². The van der Waals surface area contributed by atoms with Gasteiger partial charge in [0, 0.05) is 13.1 Å². The van der Waals surface area contributed by atoms with E-state index in [0.29, 0.717) is 19.5 Å². The average Bonchev–Trinajstić information content (AvgIpc) is 2.72. The summed E-state index contributed by atoms with van der Waals surface area (Å²) < 4.78 is 23.3. The van der Waals surface area contributed by atoms with E-state index >= 15 is 0 Å². The van der Waals surface area contributed by atoms with Gasteiger partial charge in [0.25, 0.3) is 0 Å². The second-order valence-corrected chi connectivity index (χ2v) is 7.98. The van der Waals surface area contributed by atoms with Crippen LogP contribution in [-0.4, -0.2) is 43.0 Å². The van der Waals surface area contributed by atoms with E-state index < -0.39 is 9.84 Å². The van der Waals surface area contributed by atoms with E-state index in [-0.39, 0.29) is 16.8 Å². The molecule has 0 saturated carbocycles. The molecule has 1 fully saturated rings. The maximum atomic E-state index is 11.6. The molecule has 0 aliphatic carbocycles. The Hall–Kier alpha value is -0.920. The summed E-state index contributed by atoms with van der Waals surface area (Å²) in [6.07, 6.45) is 0.621. The van der Waals surface area contributed by atoms with E-state index in [0.717, 1.165) is 16.0 Å². The van der Waals surface area contributed by atoms with Gasteiger partial charge in [-0.3, -0.25) is 0 Å². The van der Waals surface area contributed by atoms with Crippen LogP contribution >= 0.6 is 22.9 Å². The molecule has 8 heteroatoms. The van der Waals surface area contributed by atoms with Gasteiger partial charge in [-0.05, 0) is 29.5 Å². The summed E-state index contributed by atoms with van der Waals surface area (Å²) in [5.41, 5.74) is 0. The number of thiophene rings is 1. The molecule has 0 aromatic carbocycles.